The summed E-state index contributed by atoms with van der Waals surface area (Å²) < 4.78 is 0. The molecule has 0 unspecified atom stereocenters. The molecule has 1 fully saturated rings. The number of pyridine rings is 1. The minimum Gasteiger partial charge on any atom is -0.382 e. The molecule has 0 aliphatic carbocycles. The number of hydrogen-bond donors (Lipinski definition) is 2. The molecule has 1 aliphatic rings. The fraction of sp³-hybridized carbons (Fsp3) is 0.389. The number of nitrogens with zero attached hydrogens (tertiary/aromatic N) is 2. The standard InChI is InChI=1S/C18H22N4/c1-12-18-15(5-8-19-12)16-11-14(3-4-17(16)21-18)20-13-6-9-22(2)10-7-13/h3-5,8,11,13,20-21H,6-7,9-10H2,1-2H3. The molecule has 4 rings (SSSR count). The summed E-state index contributed by atoms with van der Waals surface area (Å²) in [5.74, 6) is 0. The summed E-state index contributed by atoms with van der Waals surface area (Å²) in [6.45, 7) is 4.41. The Morgan fingerprint density at radius 1 is 1.18 bits per heavy atom. The highest BCUT2D eigenvalue weighted by molar-refractivity contribution is 6.08. The fourth-order valence-corrected chi connectivity index (χ4v) is 3.44. The normalized spacial score (nSPS) is 17.4. The first kappa shape index (κ1) is 13.6. The molecule has 2 N–H and O–H groups in total. The lowest BCUT2D eigenvalue weighted by Crippen LogP contribution is -2.36. The summed E-state index contributed by atoms with van der Waals surface area (Å²) in [7, 11) is 2.20. The third-order valence-corrected chi connectivity index (χ3v) is 4.80. The number of fused-ring (bicyclic) bond motifs is 3. The third kappa shape index (κ3) is 2.33. The summed E-state index contributed by atoms with van der Waals surface area (Å²) in [6.07, 6.45) is 4.32. The zero-order valence-electron chi connectivity index (χ0n) is 13.2. The van der Waals surface area contributed by atoms with Gasteiger partial charge in [-0.2, -0.15) is 0 Å². The molecule has 1 aliphatic heterocycles. The predicted octanol–water partition coefficient (Wildman–Crippen LogP) is 3.53. The van der Waals surface area contributed by atoms with E-state index in [9.17, 15) is 0 Å². The zero-order chi connectivity index (χ0) is 15.1. The molecular formula is C18H22N4. The lowest BCUT2D eigenvalue weighted by molar-refractivity contribution is 0.264. The average molecular weight is 294 g/mol. The van der Waals surface area contributed by atoms with Gasteiger partial charge >= 0.3 is 0 Å². The Balaban J connectivity index is 1.68. The maximum Gasteiger partial charge on any atom is 0.0681 e. The average Bonchev–Trinajstić information content (AvgIpc) is 2.89. The van der Waals surface area contributed by atoms with Crippen LogP contribution in [0.5, 0.6) is 0 Å². The number of anilines is 1. The highest BCUT2D eigenvalue weighted by Crippen LogP contribution is 2.29. The van der Waals surface area contributed by atoms with E-state index in [2.05, 4.69) is 58.4 Å². The number of aromatic amines is 1. The van der Waals surface area contributed by atoms with Crippen molar-refractivity contribution in [2.75, 3.05) is 25.5 Å². The molecule has 0 atom stereocenters. The second-order valence-electron chi connectivity index (χ2n) is 6.43. The van der Waals surface area contributed by atoms with Crippen LogP contribution in [-0.2, 0) is 0 Å². The molecular weight excluding hydrogens is 272 g/mol. The largest absolute Gasteiger partial charge is 0.382 e. The van der Waals surface area contributed by atoms with Crippen molar-refractivity contribution in [3.05, 3.63) is 36.2 Å². The van der Waals surface area contributed by atoms with Crippen LogP contribution in [0.3, 0.4) is 0 Å². The minimum absolute atomic E-state index is 0.585. The smallest absolute Gasteiger partial charge is 0.0681 e. The van der Waals surface area contributed by atoms with Gasteiger partial charge in [-0.25, -0.2) is 0 Å². The van der Waals surface area contributed by atoms with Crippen LogP contribution in [0.4, 0.5) is 5.69 Å². The Hall–Kier alpha value is -2.07. The Morgan fingerprint density at radius 3 is 2.82 bits per heavy atom. The van der Waals surface area contributed by atoms with Crippen LogP contribution >= 0.6 is 0 Å². The highest BCUT2D eigenvalue weighted by atomic mass is 15.1. The van der Waals surface area contributed by atoms with E-state index in [1.54, 1.807) is 0 Å². The van der Waals surface area contributed by atoms with Gasteiger partial charge in [0, 0.05) is 34.2 Å². The molecule has 2 aromatic heterocycles. The van der Waals surface area contributed by atoms with Crippen LogP contribution in [0.2, 0.25) is 0 Å². The van der Waals surface area contributed by atoms with Crippen LogP contribution in [0.25, 0.3) is 21.8 Å². The number of hydrogen-bond acceptors (Lipinski definition) is 3. The minimum atomic E-state index is 0.585. The van der Waals surface area contributed by atoms with Crippen molar-refractivity contribution >= 4 is 27.5 Å². The van der Waals surface area contributed by atoms with Gasteiger partial charge in [-0.05, 0) is 64.2 Å². The van der Waals surface area contributed by atoms with E-state index in [1.807, 2.05) is 6.20 Å². The third-order valence-electron chi connectivity index (χ3n) is 4.80. The number of rotatable bonds is 2. The van der Waals surface area contributed by atoms with Crippen LogP contribution in [-0.4, -0.2) is 41.0 Å². The summed E-state index contributed by atoms with van der Waals surface area (Å²) in [5.41, 5.74) is 4.60. The zero-order valence-corrected chi connectivity index (χ0v) is 13.2. The summed E-state index contributed by atoms with van der Waals surface area (Å²) in [5, 5.41) is 6.24. The molecule has 4 heteroatoms. The fourth-order valence-electron chi connectivity index (χ4n) is 3.44. The number of piperidine rings is 1. The lowest BCUT2D eigenvalue weighted by Gasteiger charge is -2.30. The van der Waals surface area contributed by atoms with Crippen molar-refractivity contribution in [2.45, 2.75) is 25.8 Å². The van der Waals surface area contributed by atoms with Crippen molar-refractivity contribution in [1.82, 2.24) is 14.9 Å². The summed E-state index contributed by atoms with van der Waals surface area (Å²) >= 11 is 0. The van der Waals surface area contributed by atoms with Crippen LogP contribution < -0.4 is 5.32 Å². The highest BCUT2D eigenvalue weighted by Gasteiger charge is 2.16. The van der Waals surface area contributed by atoms with Crippen molar-refractivity contribution in [3.8, 4) is 0 Å². The molecule has 22 heavy (non-hydrogen) atoms. The Labute approximate surface area is 130 Å². The predicted molar refractivity (Wildman–Crippen MR) is 92.5 cm³/mol. The van der Waals surface area contributed by atoms with Gasteiger partial charge in [-0.15, -0.1) is 0 Å². The SMILES string of the molecule is Cc1nccc2c1[nH]c1ccc(NC3CCN(C)CC3)cc12. The first-order chi connectivity index (χ1) is 10.7. The summed E-state index contributed by atoms with van der Waals surface area (Å²) in [6, 6.07) is 9.30. The molecule has 0 amide bonds. The Bertz CT molecular complexity index is 812. The number of aromatic nitrogens is 2. The second kappa shape index (κ2) is 5.29. The first-order valence-corrected chi connectivity index (χ1v) is 8.03. The van der Waals surface area contributed by atoms with E-state index in [-0.39, 0.29) is 0 Å². The number of likely N-dealkylation sites (tertiary alicyclic amines) is 1. The first-order valence-electron chi connectivity index (χ1n) is 8.03. The number of aryl methyl sites for hydroxylation is 1. The van der Waals surface area contributed by atoms with E-state index in [1.165, 1.54) is 47.9 Å². The molecule has 0 saturated carbocycles. The van der Waals surface area contributed by atoms with Gasteiger partial charge in [0.25, 0.3) is 0 Å². The van der Waals surface area contributed by atoms with Crippen LogP contribution in [0, 0.1) is 6.92 Å². The van der Waals surface area contributed by atoms with Crippen molar-refractivity contribution < 1.29 is 0 Å². The van der Waals surface area contributed by atoms with Gasteiger partial charge in [0.05, 0.1) is 11.2 Å². The maximum atomic E-state index is 4.37. The summed E-state index contributed by atoms with van der Waals surface area (Å²) in [4.78, 5) is 10.3. The molecule has 4 nitrogen and oxygen atoms in total. The molecule has 0 radical (unpaired) electrons. The Kier molecular flexibility index (Phi) is 3.26. The van der Waals surface area contributed by atoms with Gasteiger partial charge in [0.15, 0.2) is 0 Å². The number of benzene rings is 1. The van der Waals surface area contributed by atoms with Crippen LogP contribution in [0.15, 0.2) is 30.5 Å². The van der Waals surface area contributed by atoms with E-state index in [4.69, 9.17) is 0 Å². The molecule has 0 bridgehead atoms. The molecule has 3 aromatic rings. The monoisotopic (exact) mass is 294 g/mol. The van der Waals surface area contributed by atoms with E-state index in [0.29, 0.717) is 6.04 Å². The molecule has 0 spiro atoms. The van der Waals surface area contributed by atoms with Crippen molar-refractivity contribution in [1.29, 1.82) is 0 Å². The number of H-pyrrole nitrogens is 1. The van der Waals surface area contributed by atoms with Crippen molar-refractivity contribution in [3.63, 3.8) is 0 Å². The Morgan fingerprint density at radius 2 is 2.00 bits per heavy atom. The van der Waals surface area contributed by atoms with Crippen molar-refractivity contribution in [2.24, 2.45) is 0 Å². The molecule has 3 heterocycles. The van der Waals surface area contributed by atoms with Gasteiger partial charge in [0.2, 0.25) is 0 Å². The molecule has 1 saturated heterocycles. The van der Waals surface area contributed by atoms with E-state index >= 15 is 0 Å². The van der Waals surface area contributed by atoms with E-state index < -0.39 is 0 Å². The van der Waals surface area contributed by atoms with Gasteiger partial charge in [0.1, 0.15) is 0 Å². The van der Waals surface area contributed by atoms with Gasteiger partial charge < -0.3 is 15.2 Å². The topological polar surface area (TPSA) is 44.0 Å². The lowest BCUT2D eigenvalue weighted by atomic mass is 10.0. The van der Waals surface area contributed by atoms with Gasteiger partial charge in [-0.3, -0.25) is 4.98 Å². The number of nitrogens with one attached hydrogen (secondary N) is 2. The molecule has 114 valence electrons. The van der Waals surface area contributed by atoms with Gasteiger partial charge in [-0.1, -0.05) is 0 Å². The maximum absolute atomic E-state index is 4.37. The van der Waals surface area contributed by atoms with E-state index in [0.717, 1.165) is 11.2 Å². The van der Waals surface area contributed by atoms with Crippen LogP contribution in [0.1, 0.15) is 18.5 Å². The molecule has 1 aromatic carbocycles. The second-order valence-corrected chi connectivity index (χ2v) is 6.43. The quantitative estimate of drug-likeness (QED) is 0.760.